The molecule has 3 aromatic rings. The Morgan fingerprint density at radius 2 is 1.89 bits per heavy atom. The fraction of sp³-hybridized carbons (Fsp3) is 0.250. The van der Waals surface area contributed by atoms with Crippen molar-refractivity contribution in [3.63, 3.8) is 0 Å². The number of benzene rings is 2. The summed E-state index contributed by atoms with van der Waals surface area (Å²) >= 11 is 5.89. The standard InChI is InChI=1S/C20H21ClN4O2/c1-13-5-4-6-17(14(13)2)22-18(26)11-25(3)12-19-23-24-20(27-19)15-7-9-16(21)10-8-15/h4-10H,11-12H2,1-3H3,(H,22,26)/p+1. The van der Waals surface area contributed by atoms with Crippen LogP contribution in [0.15, 0.2) is 46.9 Å². The fourth-order valence-electron chi connectivity index (χ4n) is 2.71. The van der Waals surface area contributed by atoms with Gasteiger partial charge in [-0.1, -0.05) is 23.7 Å². The topological polar surface area (TPSA) is 72.5 Å². The van der Waals surface area contributed by atoms with Crippen LogP contribution in [0.25, 0.3) is 11.5 Å². The number of likely N-dealkylation sites (N-methyl/N-ethyl adjacent to an activating group) is 1. The minimum atomic E-state index is -0.0568. The zero-order valence-electron chi connectivity index (χ0n) is 15.5. The van der Waals surface area contributed by atoms with E-state index in [2.05, 4.69) is 15.5 Å². The molecule has 1 heterocycles. The van der Waals surface area contributed by atoms with Gasteiger partial charge in [0, 0.05) is 16.3 Å². The third kappa shape index (κ3) is 4.93. The molecule has 27 heavy (non-hydrogen) atoms. The van der Waals surface area contributed by atoms with Crippen LogP contribution in [0.3, 0.4) is 0 Å². The van der Waals surface area contributed by atoms with E-state index in [1.807, 2.05) is 51.2 Å². The number of amides is 1. The number of carbonyl (C=O) groups is 1. The van der Waals surface area contributed by atoms with Crippen LogP contribution in [0.1, 0.15) is 17.0 Å². The Morgan fingerprint density at radius 3 is 2.63 bits per heavy atom. The van der Waals surface area contributed by atoms with E-state index >= 15 is 0 Å². The largest absolute Gasteiger partial charge is 0.415 e. The lowest BCUT2D eigenvalue weighted by molar-refractivity contribution is -0.886. The Bertz CT molecular complexity index is 937. The number of hydrogen-bond donors (Lipinski definition) is 2. The van der Waals surface area contributed by atoms with Crippen molar-refractivity contribution in [3.8, 4) is 11.5 Å². The lowest BCUT2D eigenvalue weighted by Gasteiger charge is -2.13. The maximum Gasteiger partial charge on any atom is 0.279 e. The summed E-state index contributed by atoms with van der Waals surface area (Å²) in [6, 6.07) is 13.1. The second-order valence-corrected chi connectivity index (χ2v) is 7.05. The number of anilines is 1. The van der Waals surface area contributed by atoms with Crippen molar-refractivity contribution in [2.45, 2.75) is 20.4 Å². The minimum absolute atomic E-state index is 0.0568. The zero-order chi connectivity index (χ0) is 19.4. The van der Waals surface area contributed by atoms with Crippen molar-refractivity contribution in [1.82, 2.24) is 10.2 Å². The number of aromatic nitrogens is 2. The fourth-order valence-corrected chi connectivity index (χ4v) is 2.84. The molecule has 0 spiro atoms. The Balaban J connectivity index is 1.57. The molecule has 2 aromatic carbocycles. The number of nitrogens with one attached hydrogen (secondary N) is 2. The lowest BCUT2D eigenvalue weighted by atomic mass is 10.1. The normalized spacial score (nSPS) is 12.0. The predicted octanol–water partition coefficient (Wildman–Crippen LogP) is 2.66. The van der Waals surface area contributed by atoms with Crippen molar-refractivity contribution in [3.05, 3.63) is 64.5 Å². The van der Waals surface area contributed by atoms with E-state index in [0.29, 0.717) is 29.9 Å². The molecule has 1 unspecified atom stereocenters. The Labute approximate surface area is 163 Å². The van der Waals surface area contributed by atoms with Crippen LogP contribution in [-0.4, -0.2) is 29.7 Å². The summed E-state index contributed by atoms with van der Waals surface area (Å²) in [6.07, 6.45) is 0. The average molecular weight is 386 g/mol. The second kappa shape index (κ2) is 8.33. The number of hydrogen-bond acceptors (Lipinski definition) is 4. The van der Waals surface area contributed by atoms with Gasteiger partial charge in [-0.2, -0.15) is 0 Å². The van der Waals surface area contributed by atoms with E-state index < -0.39 is 0 Å². The van der Waals surface area contributed by atoms with E-state index in [-0.39, 0.29) is 5.91 Å². The number of carbonyl (C=O) groups excluding carboxylic acids is 1. The van der Waals surface area contributed by atoms with E-state index in [0.717, 1.165) is 27.3 Å². The molecule has 0 saturated carbocycles. The van der Waals surface area contributed by atoms with Gasteiger partial charge in [0.25, 0.3) is 11.8 Å². The first kappa shape index (κ1) is 19.1. The second-order valence-electron chi connectivity index (χ2n) is 6.61. The molecule has 0 aliphatic rings. The summed E-state index contributed by atoms with van der Waals surface area (Å²) in [5.74, 6) is 0.866. The molecular formula is C20H22ClN4O2+. The number of rotatable bonds is 6. The number of quaternary nitrogens is 1. The molecule has 0 saturated heterocycles. The third-order valence-corrected chi connectivity index (χ3v) is 4.60. The Hall–Kier alpha value is -2.70. The van der Waals surface area contributed by atoms with E-state index in [4.69, 9.17) is 16.0 Å². The Kier molecular flexibility index (Phi) is 5.88. The van der Waals surface area contributed by atoms with Gasteiger partial charge < -0.3 is 14.6 Å². The smallest absolute Gasteiger partial charge is 0.279 e. The molecule has 1 amide bonds. The number of aryl methyl sites for hydroxylation is 1. The van der Waals surface area contributed by atoms with Gasteiger partial charge in [-0.25, -0.2) is 0 Å². The SMILES string of the molecule is Cc1cccc(NC(=O)C[NH+](C)Cc2nnc(-c3ccc(Cl)cc3)o2)c1C. The molecule has 0 aliphatic heterocycles. The van der Waals surface area contributed by atoms with Crippen LogP contribution in [0.5, 0.6) is 0 Å². The van der Waals surface area contributed by atoms with Gasteiger partial charge in [-0.15, -0.1) is 10.2 Å². The zero-order valence-corrected chi connectivity index (χ0v) is 16.3. The number of halogens is 1. The van der Waals surface area contributed by atoms with Crippen LogP contribution in [-0.2, 0) is 11.3 Å². The van der Waals surface area contributed by atoms with Crippen LogP contribution in [0.2, 0.25) is 5.02 Å². The molecule has 6 nitrogen and oxygen atoms in total. The minimum Gasteiger partial charge on any atom is -0.415 e. The third-order valence-electron chi connectivity index (χ3n) is 4.35. The summed E-state index contributed by atoms with van der Waals surface area (Å²) < 4.78 is 5.70. The molecule has 3 rings (SSSR count). The van der Waals surface area contributed by atoms with Gasteiger partial charge in [0.15, 0.2) is 13.1 Å². The van der Waals surface area contributed by atoms with Crippen LogP contribution in [0, 0.1) is 13.8 Å². The quantitative estimate of drug-likeness (QED) is 0.684. The summed E-state index contributed by atoms with van der Waals surface area (Å²) in [4.78, 5) is 13.3. The molecule has 1 atom stereocenters. The van der Waals surface area contributed by atoms with Crippen LogP contribution >= 0.6 is 11.6 Å². The Morgan fingerprint density at radius 1 is 1.15 bits per heavy atom. The molecule has 0 radical (unpaired) electrons. The molecular weight excluding hydrogens is 364 g/mol. The first-order valence-corrected chi connectivity index (χ1v) is 9.06. The first-order chi connectivity index (χ1) is 12.9. The highest BCUT2D eigenvalue weighted by Gasteiger charge is 2.16. The van der Waals surface area contributed by atoms with Gasteiger partial charge in [0.05, 0.1) is 7.05 Å². The molecule has 0 fully saturated rings. The van der Waals surface area contributed by atoms with Crippen LogP contribution < -0.4 is 10.2 Å². The van der Waals surface area contributed by atoms with Gasteiger partial charge in [0.1, 0.15) is 0 Å². The van der Waals surface area contributed by atoms with Crippen molar-refractivity contribution < 1.29 is 14.1 Å². The van der Waals surface area contributed by atoms with Gasteiger partial charge >= 0.3 is 0 Å². The maximum atomic E-state index is 12.3. The van der Waals surface area contributed by atoms with Gasteiger partial charge in [0.2, 0.25) is 5.89 Å². The molecule has 2 N–H and O–H groups in total. The molecule has 0 aliphatic carbocycles. The highest BCUT2D eigenvalue weighted by Crippen LogP contribution is 2.20. The summed E-state index contributed by atoms with van der Waals surface area (Å²) in [7, 11) is 1.91. The van der Waals surface area contributed by atoms with E-state index in [1.54, 1.807) is 12.1 Å². The van der Waals surface area contributed by atoms with E-state index in [1.165, 1.54) is 0 Å². The first-order valence-electron chi connectivity index (χ1n) is 8.68. The highest BCUT2D eigenvalue weighted by atomic mass is 35.5. The maximum absolute atomic E-state index is 12.3. The van der Waals surface area contributed by atoms with Crippen molar-refractivity contribution in [1.29, 1.82) is 0 Å². The van der Waals surface area contributed by atoms with Gasteiger partial charge in [-0.05, 0) is 55.3 Å². The molecule has 0 bridgehead atoms. The number of nitrogens with zero attached hydrogens (tertiary/aromatic N) is 2. The summed E-state index contributed by atoms with van der Waals surface area (Å²) in [5, 5.41) is 11.7. The van der Waals surface area contributed by atoms with Crippen molar-refractivity contribution >= 4 is 23.2 Å². The van der Waals surface area contributed by atoms with Crippen molar-refractivity contribution in [2.75, 3.05) is 18.9 Å². The molecule has 140 valence electrons. The van der Waals surface area contributed by atoms with Gasteiger partial charge in [-0.3, -0.25) is 4.79 Å². The van der Waals surface area contributed by atoms with Crippen molar-refractivity contribution in [2.24, 2.45) is 0 Å². The molecule has 7 heteroatoms. The van der Waals surface area contributed by atoms with Crippen LogP contribution in [0.4, 0.5) is 5.69 Å². The molecule has 1 aromatic heterocycles. The average Bonchev–Trinajstić information content (AvgIpc) is 3.07. The predicted molar refractivity (Wildman–Crippen MR) is 105 cm³/mol. The monoisotopic (exact) mass is 385 g/mol. The van der Waals surface area contributed by atoms with E-state index in [9.17, 15) is 4.79 Å². The lowest BCUT2D eigenvalue weighted by Crippen LogP contribution is -3.08. The highest BCUT2D eigenvalue weighted by molar-refractivity contribution is 6.30. The summed E-state index contributed by atoms with van der Waals surface area (Å²) in [6.45, 7) is 4.78. The summed E-state index contributed by atoms with van der Waals surface area (Å²) in [5.41, 5.74) is 3.88.